The minimum Gasteiger partial charge on any atom is -0.506 e. The minimum atomic E-state index is 0.129. The van der Waals surface area contributed by atoms with E-state index in [4.69, 9.17) is 14.7 Å². The number of ether oxygens (including phenoxy) is 1. The van der Waals surface area contributed by atoms with Crippen LogP contribution in [0.15, 0.2) is 103 Å². The second-order valence-electron chi connectivity index (χ2n) is 9.87. The van der Waals surface area contributed by atoms with Crippen LogP contribution in [0, 0.1) is 0 Å². The maximum absolute atomic E-state index is 10.5. The van der Waals surface area contributed by atoms with Crippen molar-refractivity contribution in [2.75, 3.05) is 0 Å². The van der Waals surface area contributed by atoms with E-state index in [1.165, 1.54) is 5.56 Å². The van der Waals surface area contributed by atoms with E-state index in [0.717, 1.165) is 43.8 Å². The average molecular weight is 496 g/mol. The highest BCUT2D eigenvalue weighted by Crippen LogP contribution is 2.38. The van der Waals surface area contributed by atoms with Gasteiger partial charge in [0.15, 0.2) is 0 Å². The van der Waals surface area contributed by atoms with E-state index in [1.54, 1.807) is 6.07 Å². The molecule has 0 amide bonds. The fourth-order valence-electron chi connectivity index (χ4n) is 5.30. The lowest BCUT2D eigenvalue weighted by molar-refractivity contribution is 0.465. The van der Waals surface area contributed by atoms with Crippen LogP contribution in [0.1, 0.15) is 25.3 Å². The Morgan fingerprint density at radius 2 is 1.45 bits per heavy atom. The van der Waals surface area contributed by atoms with Gasteiger partial charge in [0.05, 0.1) is 11.0 Å². The highest BCUT2D eigenvalue weighted by Gasteiger charge is 2.17. The zero-order chi connectivity index (χ0) is 25.8. The Balaban J connectivity index is 1.44. The summed E-state index contributed by atoms with van der Waals surface area (Å²) >= 11 is 0. The van der Waals surface area contributed by atoms with Gasteiger partial charge in [0, 0.05) is 33.8 Å². The first-order valence-electron chi connectivity index (χ1n) is 12.8. The number of benzene rings is 4. The molecule has 184 valence electrons. The lowest BCUT2D eigenvalue weighted by Gasteiger charge is -2.13. The summed E-state index contributed by atoms with van der Waals surface area (Å²) in [7, 11) is 0. The molecule has 0 spiro atoms. The monoisotopic (exact) mass is 495 g/mol. The molecule has 0 unspecified atom stereocenters. The van der Waals surface area contributed by atoms with Gasteiger partial charge in [-0.2, -0.15) is 0 Å². The van der Waals surface area contributed by atoms with Gasteiger partial charge >= 0.3 is 0 Å². The minimum absolute atomic E-state index is 0.129. The normalized spacial score (nSPS) is 11.8. The molecule has 7 rings (SSSR count). The Kier molecular flexibility index (Phi) is 5.05. The van der Waals surface area contributed by atoms with E-state index in [9.17, 15) is 5.11 Å². The summed E-state index contributed by atoms with van der Waals surface area (Å²) in [5.74, 6) is 2.52. The molecule has 4 aromatic carbocycles. The third-order valence-corrected chi connectivity index (χ3v) is 7.20. The van der Waals surface area contributed by atoms with Crippen molar-refractivity contribution < 1.29 is 9.84 Å². The largest absolute Gasteiger partial charge is 0.506 e. The fourth-order valence-corrected chi connectivity index (χ4v) is 5.30. The van der Waals surface area contributed by atoms with Gasteiger partial charge in [-0.3, -0.25) is 4.57 Å². The number of fused-ring (bicyclic) bond motifs is 6. The van der Waals surface area contributed by atoms with Gasteiger partial charge in [0.25, 0.3) is 0 Å². The second kappa shape index (κ2) is 8.60. The van der Waals surface area contributed by atoms with Crippen molar-refractivity contribution in [3.63, 3.8) is 0 Å². The topological polar surface area (TPSA) is 60.2 Å². The predicted molar refractivity (Wildman–Crippen MR) is 154 cm³/mol. The molecule has 7 aromatic rings. The molecular weight excluding hydrogens is 470 g/mol. The lowest BCUT2D eigenvalue weighted by Crippen LogP contribution is -1.99. The summed E-state index contributed by atoms with van der Waals surface area (Å²) in [6.45, 7) is 4.38. The highest BCUT2D eigenvalue weighted by molar-refractivity contribution is 6.10. The van der Waals surface area contributed by atoms with E-state index in [0.29, 0.717) is 23.1 Å². The Bertz CT molecular complexity index is 2010. The Labute approximate surface area is 219 Å². The van der Waals surface area contributed by atoms with Crippen LogP contribution in [-0.2, 0) is 0 Å². The molecule has 0 aliphatic carbocycles. The van der Waals surface area contributed by atoms with Crippen LogP contribution in [0.3, 0.4) is 0 Å². The molecule has 3 aromatic heterocycles. The number of nitrogens with zero attached hydrogens (tertiary/aromatic N) is 3. The lowest BCUT2D eigenvalue weighted by atomic mass is 10.1. The molecule has 0 atom stereocenters. The molecule has 0 aliphatic rings. The van der Waals surface area contributed by atoms with E-state index < -0.39 is 0 Å². The first-order valence-corrected chi connectivity index (χ1v) is 12.8. The number of para-hydroxylation sites is 2. The number of rotatable bonds is 4. The van der Waals surface area contributed by atoms with Crippen LogP contribution in [0.2, 0.25) is 0 Å². The van der Waals surface area contributed by atoms with E-state index in [1.807, 2.05) is 54.7 Å². The molecule has 0 radical (unpaired) electrons. The van der Waals surface area contributed by atoms with Gasteiger partial charge in [0.1, 0.15) is 22.8 Å². The van der Waals surface area contributed by atoms with Gasteiger partial charge in [-0.25, -0.2) is 9.97 Å². The number of pyridine rings is 2. The number of hydrogen-bond acceptors (Lipinski definition) is 4. The summed E-state index contributed by atoms with van der Waals surface area (Å²) < 4.78 is 8.65. The molecule has 0 fully saturated rings. The first kappa shape index (κ1) is 22.3. The number of aromatic hydroxyl groups is 1. The van der Waals surface area contributed by atoms with Crippen LogP contribution in [-0.4, -0.2) is 19.6 Å². The molecule has 38 heavy (non-hydrogen) atoms. The van der Waals surface area contributed by atoms with E-state index in [-0.39, 0.29) is 5.75 Å². The third-order valence-electron chi connectivity index (χ3n) is 7.20. The molecule has 5 heteroatoms. The Morgan fingerprint density at radius 1 is 0.711 bits per heavy atom. The molecule has 0 saturated heterocycles. The van der Waals surface area contributed by atoms with Crippen molar-refractivity contribution in [1.82, 2.24) is 14.5 Å². The molecule has 0 aliphatic heterocycles. The maximum atomic E-state index is 10.5. The summed E-state index contributed by atoms with van der Waals surface area (Å²) in [4.78, 5) is 9.49. The number of hydrogen-bond donors (Lipinski definition) is 1. The van der Waals surface area contributed by atoms with Crippen molar-refractivity contribution in [3.05, 3.63) is 109 Å². The highest BCUT2D eigenvalue weighted by atomic mass is 16.5. The van der Waals surface area contributed by atoms with Crippen molar-refractivity contribution in [1.29, 1.82) is 0 Å². The average Bonchev–Trinajstić information content (AvgIpc) is 3.27. The van der Waals surface area contributed by atoms with Crippen molar-refractivity contribution >= 4 is 43.5 Å². The van der Waals surface area contributed by atoms with Crippen LogP contribution >= 0.6 is 0 Å². The first-order chi connectivity index (χ1) is 18.6. The van der Waals surface area contributed by atoms with Gasteiger partial charge in [-0.05, 0) is 59.3 Å². The predicted octanol–water partition coefficient (Wildman–Crippen LogP) is 8.50. The van der Waals surface area contributed by atoms with Crippen LogP contribution in [0.5, 0.6) is 17.4 Å². The van der Waals surface area contributed by atoms with Crippen molar-refractivity contribution in [3.8, 4) is 23.2 Å². The SMILES string of the molecule is CC(C)c1ccnc(-n2c3ccccc3c3ccc(Oc4nc5c(O)cccc5c5ccccc45)cc32)c1. The summed E-state index contributed by atoms with van der Waals surface area (Å²) in [6.07, 6.45) is 1.88. The quantitative estimate of drug-likeness (QED) is 0.249. The van der Waals surface area contributed by atoms with Gasteiger partial charge in [-0.1, -0.05) is 62.4 Å². The van der Waals surface area contributed by atoms with Crippen molar-refractivity contribution in [2.24, 2.45) is 0 Å². The number of aromatic nitrogens is 3. The number of phenolic OH excluding ortho intramolecular Hbond substituents is 1. The molecule has 5 nitrogen and oxygen atoms in total. The van der Waals surface area contributed by atoms with Crippen molar-refractivity contribution in [2.45, 2.75) is 19.8 Å². The third kappa shape index (κ3) is 3.47. The molecule has 0 bridgehead atoms. The van der Waals surface area contributed by atoms with Gasteiger partial charge < -0.3 is 9.84 Å². The molecule has 0 saturated carbocycles. The number of phenols is 1. The Hall–Kier alpha value is -4.90. The van der Waals surface area contributed by atoms with Gasteiger partial charge in [0.2, 0.25) is 5.88 Å². The zero-order valence-electron chi connectivity index (χ0n) is 21.1. The van der Waals surface area contributed by atoms with E-state index in [2.05, 4.69) is 60.9 Å². The maximum Gasteiger partial charge on any atom is 0.227 e. The van der Waals surface area contributed by atoms with Crippen LogP contribution in [0.25, 0.3) is 49.3 Å². The summed E-state index contributed by atoms with van der Waals surface area (Å²) in [5, 5.41) is 15.6. The van der Waals surface area contributed by atoms with Crippen LogP contribution in [0.4, 0.5) is 0 Å². The standard InChI is InChI=1S/C33H25N3O2/c1-20(2)21-16-17-34-31(18-21)36-28-12-6-5-9-24(28)25-15-14-22(19-29(25)36)38-33-27-10-4-3-8-23(27)26-11-7-13-30(37)32(26)35-33/h3-20,37H,1-2H3. The zero-order valence-corrected chi connectivity index (χ0v) is 21.1. The molecule has 3 heterocycles. The fraction of sp³-hybridized carbons (Fsp3) is 0.0909. The van der Waals surface area contributed by atoms with E-state index >= 15 is 0 Å². The Morgan fingerprint density at radius 3 is 2.29 bits per heavy atom. The summed E-state index contributed by atoms with van der Waals surface area (Å²) in [6, 6.07) is 32.2. The summed E-state index contributed by atoms with van der Waals surface area (Å²) in [5.41, 5.74) is 3.85. The smallest absolute Gasteiger partial charge is 0.227 e. The second-order valence-corrected chi connectivity index (χ2v) is 9.87. The van der Waals surface area contributed by atoms with Gasteiger partial charge in [-0.15, -0.1) is 0 Å². The molecular formula is C33H25N3O2. The van der Waals surface area contributed by atoms with Crippen LogP contribution < -0.4 is 4.74 Å². The molecule has 1 N–H and O–H groups in total.